The summed E-state index contributed by atoms with van der Waals surface area (Å²) in [6.45, 7) is 5.08. The van der Waals surface area contributed by atoms with Crippen LogP contribution < -0.4 is 14.4 Å². The molecule has 0 saturated heterocycles. The van der Waals surface area contributed by atoms with E-state index in [9.17, 15) is 25.9 Å². The van der Waals surface area contributed by atoms with Gasteiger partial charge < -0.3 is 9.80 Å². The van der Waals surface area contributed by atoms with Gasteiger partial charge in [0.1, 0.15) is 17.3 Å². The molecule has 1 aliphatic heterocycles. The third-order valence-corrected chi connectivity index (χ3v) is 11.9. The summed E-state index contributed by atoms with van der Waals surface area (Å²) in [6, 6.07) is 19.3. The van der Waals surface area contributed by atoms with Crippen molar-refractivity contribution in [1.82, 2.24) is 4.57 Å². The quantitative estimate of drug-likeness (QED) is 0.106. The minimum Gasteiger partial charge on any atom is -0.326 e. The molecule has 16 heteroatoms. The number of nitrogens with zero attached hydrogens (tertiary/aromatic N) is 4. The number of benzene rings is 4. The van der Waals surface area contributed by atoms with E-state index in [1.807, 2.05) is 51.0 Å². The van der Waals surface area contributed by atoms with Crippen molar-refractivity contribution in [2.75, 3.05) is 16.3 Å². The highest BCUT2D eigenvalue weighted by molar-refractivity contribution is 7.86. The topological polar surface area (TPSA) is 124 Å². The lowest BCUT2D eigenvalue weighted by Gasteiger charge is -2.25. The van der Waals surface area contributed by atoms with E-state index in [2.05, 4.69) is 0 Å². The zero-order chi connectivity index (χ0) is 36.8. The minimum absolute atomic E-state index is 0.0652. The fourth-order valence-electron chi connectivity index (χ4n) is 6.39. The average molecular weight is 810 g/mol. The molecule has 0 radical (unpaired) electrons. The number of imidazole rings is 1. The number of aryl methyl sites for hydroxylation is 1. The molecule has 2 N–H and O–H groups in total. The Balaban J connectivity index is 1.53. The third-order valence-electron chi connectivity index (χ3n) is 8.59. The minimum atomic E-state index is -4.53. The van der Waals surface area contributed by atoms with Crippen LogP contribution in [-0.4, -0.2) is 37.1 Å². The van der Waals surface area contributed by atoms with Gasteiger partial charge in [-0.25, -0.2) is 9.13 Å². The van der Waals surface area contributed by atoms with Gasteiger partial charge in [0.2, 0.25) is 0 Å². The maximum atomic E-state index is 12.3. The summed E-state index contributed by atoms with van der Waals surface area (Å²) in [5.74, 6) is 1.33. The standard InChI is InChI=1S/C35H30Cl4N4O6S2/c1-3-40-28-16-24(36)26(38)18-30(28)42(20-22-10-5-7-12-32(22)50(44,45)46)34(40)14-9-15-35-41(4-2)29-17-25(37)27(39)19-31(29)43(35)21-23-11-6-8-13-33(23)51(47,48)49/h5-19H,3-4,20-21H2,1-2H3,(H-,44,45,46,47,48,49)/p+1. The summed E-state index contributed by atoms with van der Waals surface area (Å²) in [6.07, 6.45) is 5.54. The Morgan fingerprint density at radius 3 is 1.82 bits per heavy atom. The maximum absolute atomic E-state index is 12.3. The Kier molecular flexibility index (Phi) is 10.5. The number of hydrogen-bond donors (Lipinski definition) is 2. The molecule has 0 unspecified atom stereocenters. The van der Waals surface area contributed by atoms with Crippen molar-refractivity contribution in [3.63, 3.8) is 0 Å². The number of anilines is 2. The average Bonchev–Trinajstić information content (AvgIpc) is 3.50. The number of aromatic nitrogens is 2. The molecule has 6 rings (SSSR count). The van der Waals surface area contributed by atoms with Gasteiger partial charge in [0, 0.05) is 30.3 Å². The third kappa shape index (κ3) is 7.24. The molecule has 0 fully saturated rings. The predicted octanol–water partition coefficient (Wildman–Crippen LogP) is 8.51. The Bertz CT molecular complexity index is 2480. The molecule has 0 aliphatic carbocycles. The first-order chi connectivity index (χ1) is 24.1. The van der Waals surface area contributed by atoms with Crippen LogP contribution in [0, 0.1) is 0 Å². The van der Waals surface area contributed by atoms with E-state index in [4.69, 9.17) is 46.4 Å². The second-order valence-electron chi connectivity index (χ2n) is 11.6. The molecule has 4 aromatic carbocycles. The monoisotopic (exact) mass is 807 g/mol. The van der Waals surface area contributed by atoms with Gasteiger partial charge in [0.05, 0.1) is 49.5 Å². The van der Waals surface area contributed by atoms with Crippen molar-refractivity contribution in [3.8, 4) is 0 Å². The highest BCUT2D eigenvalue weighted by Gasteiger charge is 2.33. The van der Waals surface area contributed by atoms with E-state index < -0.39 is 20.2 Å². The van der Waals surface area contributed by atoms with Gasteiger partial charge in [-0.05, 0) is 49.8 Å². The van der Waals surface area contributed by atoms with Gasteiger partial charge >= 0.3 is 0 Å². The Morgan fingerprint density at radius 1 is 0.706 bits per heavy atom. The van der Waals surface area contributed by atoms with E-state index in [-0.39, 0.29) is 22.9 Å². The number of rotatable bonds is 10. The molecule has 1 aromatic heterocycles. The number of halogens is 4. The largest absolute Gasteiger partial charge is 0.326 e. The first-order valence-corrected chi connectivity index (χ1v) is 20.0. The van der Waals surface area contributed by atoms with Crippen LogP contribution in [0.1, 0.15) is 30.8 Å². The van der Waals surface area contributed by atoms with Crippen molar-refractivity contribution < 1.29 is 30.5 Å². The number of allylic oxidation sites excluding steroid dienone is 2. The van der Waals surface area contributed by atoms with Crippen LogP contribution in [0.4, 0.5) is 11.4 Å². The van der Waals surface area contributed by atoms with Crippen molar-refractivity contribution >= 4 is 95.1 Å². The van der Waals surface area contributed by atoms with Crippen LogP contribution in [0.15, 0.2) is 101 Å². The van der Waals surface area contributed by atoms with Crippen LogP contribution >= 0.6 is 46.4 Å². The smallest absolute Gasteiger partial charge is 0.294 e. The van der Waals surface area contributed by atoms with Crippen LogP contribution in [0.3, 0.4) is 0 Å². The molecule has 1 aliphatic rings. The van der Waals surface area contributed by atoms with E-state index in [1.54, 1.807) is 48.5 Å². The molecule has 266 valence electrons. The van der Waals surface area contributed by atoms with Gasteiger partial charge in [-0.2, -0.15) is 16.8 Å². The molecule has 0 bridgehead atoms. The second-order valence-corrected chi connectivity index (χ2v) is 16.0. The Morgan fingerprint density at radius 2 is 1.24 bits per heavy atom. The highest BCUT2D eigenvalue weighted by Crippen LogP contribution is 2.46. The van der Waals surface area contributed by atoms with Gasteiger partial charge in [-0.15, -0.1) is 0 Å². The van der Waals surface area contributed by atoms with E-state index in [0.717, 1.165) is 11.2 Å². The molecule has 0 amide bonds. The lowest BCUT2D eigenvalue weighted by molar-refractivity contribution is -0.665. The normalized spacial score (nSPS) is 14.4. The molecule has 0 atom stereocenters. The van der Waals surface area contributed by atoms with E-state index in [0.29, 0.717) is 67.2 Å². The van der Waals surface area contributed by atoms with Crippen molar-refractivity contribution in [2.24, 2.45) is 0 Å². The fraction of sp³-hybridized carbons (Fsp3) is 0.171. The van der Waals surface area contributed by atoms with Crippen LogP contribution in [0.5, 0.6) is 0 Å². The highest BCUT2D eigenvalue weighted by atomic mass is 35.5. The fourth-order valence-corrected chi connectivity index (χ4v) is 8.45. The Labute approximate surface area is 315 Å². The van der Waals surface area contributed by atoms with Crippen molar-refractivity contribution in [2.45, 2.75) is 43.3 Å². The van der Waals surface area contributed by atoms with Crippen LogP contribution in [0.25, 0.3) is 17.1 Å². The summed E-state index contributed by atoms with van der Waals surface area (Å²) < 4.78 is 73.1. The first kappa shape index (κ1) is 37.2. The molecule has 10 nitrogen and oxygen atoms in total. The maximum Gasteiger partial charge on any atom is 0.294 e. The zero-order valence-electron chi connectivity index (χ0n) is 27.1. The van der Waals surface area contributed by atoms with Gasteiger partial charge in [0.15, 0.2) is 11.0 Å². The molecule has 51 heavy (non-hydrogen) atoms. The molecule has 2 heterocycles. The first-order valence-electron chi connectivity index (χ1n) is 15.6. The van der Waals surface area contributed by atoms with Crippen molar-refractivity contribution in [1.29, 1.82) is 0 Å². The molecular weight excluding hydrogens is 778 g/mol. The summed E-state index contributed by atoms with van der Waals surface area (Å²) in [5.41, 5.74) is 3.58. The molecular formula is C35H31Cl4N4O6S2+. The van der Waals surface area contributed by atoms with E-state index >= 15 is 0 Å². The van der Waals surface area contributed by atoms with Gasteiger partial charge in [0.25, 0.3) is 26.1 Å². The number of fused-ring (bicyclic) bond motifs is 2. The van der Waals surface area contributed by atoms with Crippen LogP contribution in [0.2, 0.25) is 20.1 Å². The zero-order valence-corrected chi connectivity index (χ0v) is 31.8. The summed E-state index contributed by atoms with van der Waals surface area (Å²) >= 11 is 25.9. The lowest BCUT2D eigenvalue weighted by Crippen LogP contribution is -2.37. The summed E-state index contributed by atoms with van der Waals surface area (Å²) in [5, 5.41) is 1.32. The van der Waals surface area contributed by atoms with Crippen molar-refractivity contribution in [3.05, 3.63) is 128 Å². The second kappa shape index (κ2) is 14.4. The van der Waals surface area contributed by atoms with Gasteiger partial charge in [-0.1, -0.05) is 88.9 Å². The molecule has 0 spiro atoms. The predicted molar refractivity (Wildman–Crippen MR) is 202 cm³/mol. The molecule has 5 aromatic rings. The summed E-state index contributed by atoms with van der Waals surface area (Å²) in [7, 11) is -9.05. The van der Waals surface area contributed by atoms with Gasteiger partial charge in [-0.3, -0.25) is 9.11 Å². The Hall–Kier alpha value is -3.59. The molecule has 0 saturated carbocycles. The summed E-state index contributed by atoms with van der Waals surface area (Å²) in [4.78, 5) is 3.46. The number of hydrogen-bond acceptors (Lipinski definition) is 6. The lowest BCUT2D eigenvalue weighted by atomic mass is 10.2. The van der Waals surface area contributed by atoms with E-state index in [1.165, 1.54) is 24.3 Å². The SMILES string of the molecule is CCN1C(=CC=Cc2n(CC)c3cc(Cl)c(Cl)cc3[n+]2Cc2ccccc2S(=O)(=O)O)N(Cc2ccccc2S(=O)(=O)O)c2cc(Cl)c(Cl)cc21. The van der Waals surface area contributed by atoms with Crippen LogP contribution in [-0.2, 0) is 39.9 Å².